The van der Waals surface area contributed by atoms with Crippen molar-refractivity contribution in [2.75, 3.05) is 19.8 Å². The lowest BCUT2D eigenvalue weighted by molar-refractivity contribution is -0.154. The second kappa shape index (κ2) is 16.9. The molecule has 0 aromatic rings. The van der Waals surface area contributed by atoms with E-state index >= 15 is 0 Å². The first-order chi connectivity index (χ1) is 15.6. The molecule has 4 heteroatoms. The summed E-state index contributed by atoms with van der Waals surface area (Å²) in [5.41, 5.74) is 0. The fourth-order valence-electron chi connectivity index (χ4n) is 5.68. The Labute approximate surface area is 198 Å². The zero-order valence-electron chi connectivity index (χ0n) is 21.5. The van der Waals surface area contributed by atoms with Crippen LogP contribution in [0, 0.1) is 17.8 Å². The molecule has 0 radical (unpaired) electrons. The Morgan fingerprint density at radius 1 is 0.719 bits per heavy atom. The summed E-state index contributed by atoms with van der Waals surface area (Å²) in [5, 5.41) is 0. The van der Waals surface area contributed by atoms with Crippen LogP contribution in [-0.4, -0.2) is 38.0 Å². The van der Waals surface area contributed by atoms with Crippen molar-refractivity contribution in [3.8, 4) is 0 Å². The lowest BCUT2D eigenvalue weighted by atomic mass is 9.74. The zero-order valence-corrected chi connectivity index (χ0v) is 21.5. The summed E-state index contributed by atoms with van der Waals surface area (Å²) in [6.07, 6.45) is 20.4. The number of hydrogen-bond acceptors (Lipinski definition) is 4. The van der Waals surface area contributed by atoms with Gasteiger partial charge in [-0.25, -0.2) is 0 Å². The van der Waals surface area contributed by atoms with Crippen LogP contribution in [0.15, 0.2) is 0 Å². The second-order valence-corrected chi connectivity index (χ2v) is 10.6. The average molecular weight is 453 g/mol. The number of esters is 1. The van der Waals surface area contributed by atoms with Gasteiger partial charge in [-0.05, 0) is 43.9 Å². The van der Waals surface area contributed by atoms with Gasteiger partial charge in [0.1, 0.15) is 0 Å². The standard InChI is InChI=1S/C28H52O4/c1-4-5-6-7-8-9-10-11-15-18-32-28(29)25-21-23(2)27(24(3)22-25)31-20-19-30-26-16-13-12-14-17-26/h23-27H,4-22H2,1-3H3. The van der Waals surface area contributed by atoms with Crippen LogP contribution in [0.3, 0.4) is 0 Å². The summed E-state index contributed by atoms with van der Waals surface area (Å²) >= 11 is 0. The fourth-order valence-corrected chi connectivity index (χ4v) is 5.68. The number of hydrogen-bond donors (Lipinski definition) is 0. The van der Waals surface area contributed by atoms with E-state index in [9.17, 15) is 4.79 Å². The Morgan fingerprint density at radius 3 is 1.91 bits per heavy atom. The highest BCUT2D eigenvalue weighted by Gasteiger charge is 2.37. The number of unbranched alkanes of at least 4 members (excludes halogenated alkanes) is 8. The zero-order chi connectivity index (χ0) is 23.0. The molecule has 0 bridgehead atoms. The van der Waals surface area contributed by atoms with Crippen LogP contribution in [0.5, 0.6) is 0 Å². The molecule has 2 atom stereocenters. The maximum atomic E-state index is 12.6. The van der Waals surface area contributed by atoms with Gasteiger partial charge in [-0.3, -0.25) is 4.79 Å². The molecule has 2 aliphatic rings. The van der Waals surface area contributed by atoms with Gasteiger partial charge in [-0.1, -0.05) is 91.4 Å². The Bertz CT molecular complexity index is 462. The number of rotatable bonds is 16. The molecular weight excluding hydrogens is 400 g/mol. The van der Waals surface area contributed by atoms with Crippen molar-refractivity contribution in [1.29, 1.82) is 0 Å². The Hall–Kier alpha value is -0.610. The van der Waals surface area contributed by atoms with Crippen LogP contribution >= 0.6 is 0 Å². The van der Waals surface area contributed by atoms with Crippen LogP contribution in [0.25, 0.3) is 0 Å². The molecule has 2 aliphatic carbocycles. The smallest absolute Gasteiger partial charge is 0.308 e. The molecule has 188 valence electrons. The Morgan fingerprint density at radius 2 is 1.28 bits per heavy atom. The molecule has 0 aliphatic heterocycles. The SMILES string of the molecule is CCCCCCCCCCCOC(=O)C1CC(C)C(OCCOC2CCCCC2)C(C)C1. The van der Waals surface area contributed by atoms with Crippen LogP contribution in [0.1, 0.15) is 124 Å². The van der Waals surface area contributed by atoms with Crippen LogP contribution in [-0.2, 0) is 19.0 Å². The highest BCUT2D eigenvalue weighted by atomic mass is 16.5. The highest BCUT2D eigenvalue weighted by molar-refractivity contribution is 5.72. The first-order valence-corrected chi connectivity index (χ1v) is 14.0. The van der Waals surface area contributed by atoms with Gasteiger partial charge in [0.15, 0.2) is 0 Å². The van der Waals surface area contributed by atoms with E-state index in [0.717, 1.165) is 19.3 Å². The monoisotopic (exact) mass is 452 g/mol. The van der Waals surface area contributed by atoms with E-state index < -0.39 is 0 Å². The van der Waals surface area contributed by atoms with E-state index in [-0.39, 0.29) is 18.0 Å². The van der Waals surface area contributed by atoms with Gasteiger partial charge in [0.2, 0.25) is 0 Å². The van der Waals surface area contributed by atoms with Crippen molar-refractivity contribution in [1.82, 2.24) is 0 Å². The van der Waals surface area contributed by atoms with Crippen molar-refractivity contribution < 1.29 is 19.0 Å². The third-order valence-corrected chi connectivity index (χ3v) is 7.56. The molecule has 0 spiro atoms. The molecule has 4 nitrogen and oxygen atoms in total. The molecule has 2 unspecified atom stereocenters. The molecule has 0 aromatic carbocycles. The maximum absolute atomic E-state index is 12.6. The predicted octanol–water partition coefficient (Wildman–Crippen LogP) is 7.48. The average Bonchev–Trinajstić information content (AvgIpc) is 2.79. The van der Waals surface area contributed by atoms with E-state index in [2.05, 4.69) is 20.8 Å². The van der Waals surface area contributed by atoms with Gasteiger partial charge >= 0.3 is 5.97 Å². The second-order valence-electron chi connectivity index (χ2n) is 10.6. The number of carbonyl (C=O) groups excluding carboxylic acids is 1. The van der Waals surface area contributed by atoms with Gasteiger partial charge in [0.25, 0.3) is 0 Å². The summed E-state index contributed by atoms with van der Waals surface area (Å²) in [7, 11) is 0. The van der Waals surface area contributed by atoms with Crippen molar-refractivity contribution >= 4 is 5.97 Å². The molecule has 2 fully saturated rings. The topological polar surface area (TPSA) is 44.8 Å². The third-order valence-electron chi connectivity index (χ3n) is 7.56. The predicted molar refractivity (Wildman–Crippen MR) is 132 cm³/mol. The van der Waals surface area contributed by atoms with Crippen molar-refractivity contribution in [2.45, 2.75) is 136 Å². The molecule has 32 heavy (non-hydrogen) atoms. The van der Waals surface area contributed by atoms with Gasteiger partial charge in [-0.2, -0.15) is 0 Å². The minimum atomic E-state index is 0.0161. The molecule has 0 amide bonds. The van der Waals surface area contributed by atoms with E-state index in [1.165, 1.54) is 83.5 Å². The third kappa shape index (κ3) is 11.0. The summed E-state index contributed by atoms with van der Waals surface area (Å²) < 4.78 is 17.9. The molecule has 0 N–H and O–H groups in total. The van der Waals surface area contributed by atoms with Crippen LogP contribution < -0.4 is 0 Å². The van der Waals surface area contributed by atoms with Gasteiger partial charge in [0, 0.05) is 0 Å². The first kappa shape index (κ1) is 27.6. The summed E-state index contributed by atoms with van der Waals surface area (Å²) in [4.78, 5) is 12.6. The van der Waals surface area contributed by atoms with Gasteiger partial charge < -0.3 is 14.2 Å². The lowest BCUT2D eigenvalue weighted by Crippen LogP contribution is -2.40. The van der Waals surface area contributed by atoms with Crippen molar-refractivity contribution in [3.05, 3.63) is 0 Å². The Balaban J connectivity index is 1.51. The minimum absolute atomic E-state index is 0.0161. The number of carbonyl (C=O) groups is 1. The maximum Gasteiger partial charge on any atom is 0.308 e. The first-order valence-electron chi connectivity index (χ1n) is 14.0. The largest absolute Gasteiger partial charge is 0.465 e. The molecule has 2 rings (SSSR count). The molecular formula is C28H52O4. The normalized spacial score (nSPS) is 26.8. The van der Waals surface area contributed by atoms with Crippen molar-refractivity contribution in [3.63, 3.8) is 0 Å². The summed E-state index contributed by atoms with van der Waals surface area (Å²) in [6, 6.07) is 0. The van der Waals surface area contributed by atoms with Crippen LogP contribution in [0.4, 0.5) is 0 Å². The lowest BCUT2D eigenvalue weighted by Gasteiger charge is -2.38. The number of ether oxygens (including phenoxy) is 3. The van der Waals surface area contributed by atoms with Crippen molar-refractivity contribution in [2.24, 2.45) is 17.8 Å². The van der Waals surface area contributed by atoms with E-state index in [4.69, 9.17) is 14.2 Å². The summed E-state index contributed by atoms with van der Waals surface area (Å²) in [6.45, 7) is 8.67. The fraction of sp³-hybridized carbons (Fsp3) is 0.964. The van der Waals surface area contributed by atoms with E-state index in [1.807, 2.05) is 0 Å². The quantitative estimate of drug-likeness (QED) is 0.180. The molecule has 2 saturated carbocycles. The van der Waals surface area contributed by atoms with Gasteiger partial charge in [0.05, 0.1) is 37.9 Å². The van der Waals surface area contributed by atoms with Crippen LogP contribution in [0.2, 0.25) is 0 Å². The van der Waals surface area contributed by atoms with E-state index in [1.54, 1.807) is 0 Å². The summed E-state index contributed by atoms with van der Waals surface area (Å²) in [5.74, 6) is 0.830. The highest BCUT2D eigenvalue weighted by Crippen LogP contribution is 2.36. The van der Waals surface area contributed by atoms with E-state index in [0.29, 0.717) is 37.8 Å². The van der Waals surface area contributed by atoms with Gasteiger partial charge in [-0.15, -0.1) is 0 Å². The molecule has 0 aromatic heterocycles. The molecule has 0 heterocycles. The Kier molecular flexibility index (Phi) is 14.6. The molecule has 0 saturated heterocycles. The minimum Gasteiger partial charge on any atom is -0.465 e.